The maximum absolute atomic E-state index is 12.6. The molecule has 1 aliphatic heterocycles. The van der Waals surface area contributed by atoms with E-state index in [0.29, 0.717) is 26.1 Å². The van der Waals surface area contributed by atoms with E-state index in [2.05, 4.69) is 30.2 Å². The summed E-state index contributed by atoms with van der Waals surface area (Å²) < 4.78 is 0. The number of nitrogens with one attached hydrogen (secondary N) is 2. The van der Waals surface area contributed by atoms with E-state index in [1.54, 1.807) is 4.90 Å². The molecule has 1 saturated carbocycles. The van der Waals surface area contributed by atoms with Crippen molar-refractivity contribution in [2.45, 2.75) is 39.7 Å². The van der Waals surface area contributed by atoms with Crippen LogP contribution in [0.15, 0.2) is 18.2 Å². The fourth-order valence-electron chi connectivity index (χ4n) is 4.70. The highest BCUT2D eigenvalue weighted by molar-refractivity contribution is 5.85. The van der Waals surface area contributed by atoms with Gasteiger partial charge in [-0.3, -0.25) is 4.79 Å². The number of benzene rings is 1. The minimum Gasteiger partial charge on any atom is -0.481 e. The van der Waals surface area contributed by atoms with Crippen molar-refractivity contribution in [2.75, 3.05) is 13.1 Å². The number of amides is 2. The molecule has 1 aromatic heterocycles. The smallest absolute Gasteiger partial charge is 0.317 e. The van der Waals surface area contributed by atoms with Crippen LogP contribution in [-0.2, 0) is 11.3 Å². The monoisotopic (exact) mass is 355 g/mol. The second-order valence-electron chi connectivity index (χ2n) is 7.84. The summed E-state index contributed by atoms with van der Waals surface area (Å²) in [5.41, 5.74) is 3.80. The number of H-pyrrole nitrogens is 1. The average molecular weight is 355 g/mol. The Morgan fingerprint density at radius 1 is 1.38 bits per heavy atom. The topological polar surface area (TPSA) is 85.4 Å². The van der Waals surface area contributed by atoms with Crippen LogP contribution in [0.25, 0.3) is 10.9 Å². The summed E-state index contributed by atoms with van der Waals surface area (Å²) in [7, 11) is 0. The number of hydrogen-bond acceptors (Lipinski definition) is 2. The van der Waals surface area contributed by atoms with E-state index in [-0.39, 0.29) is 11.9 Å². The molecule has 2 amide bonds. The summed E-state index contributed by atoms with van der Waals surface area (Å²) in [6.07, 6.45) is 2.53. The van der Waals surface area contributed by atoms with Gasteiger partial charge in [0.1, 0.15) is 0 Å². The summed E-state index contributed by atoms with van der Waals surface area (Å²) in [6, 6.07) is 5.99. The van der Waals surface area contributed by atoms with Gasteiger partial charge >= 0.3 is 12.0 Å². The molecule has 0 unspecified atom stereocenters. The molecule has 2 aliphatic rings. The molecule has 0 bridgehead atoms. The first-order valence-electron chi connectivity index (χ1n) is 9.25. The van der Waals surface area contributed by atoms with E-state index in [0.717, 1.165) is 29.6 Å². The molecule has 3 N–H and O–H groups in total. The van der Waals surface area contributed by atoms with Gasteiger partial charge in [-0.05, 0) is 55.9 Å². The lowest BCUT2D eigenvalue weighted by Crippen LogP contribution is -2.41. The van der Waals surface area contributed by atoms with Gasteiger partial charge < -0.3 is 20.3 Å². The van der Waals surface area contributed by atoms with Gasteiger partial charge in [0.2, 0.25) is 0 Å². The zero-order chi connectivity index (χ0) is 18.5. The number of aromatic nitrogens is 1. The second-order valence-corrected chi connectivity index (χ2v) is 7.84. The molecule has 6 nitrogen and oxygen atoms in total. The highest BCUT2D eigenvalue weighted by Gasteiger charge is 2.55. The lowest BCUT2D eigenvalue weighted by molar-refractivity contribution is -0.149. The van der Waals surface area contributed by atoms with Gasteiger partial charge in [-0.15, -0.1) is 0 Å². The molecule has 1 aliphatic carbocycles. The maximum atomic E-state index is 12.6. The van der Waals surface area contributed by atoms with Gasteiger partial charge in [-0.1, -0.05) is 12.5 Å². The van der Waals surface area contributed by atoms with Crippen molar-refractivity contribution >= 4 is 22.9 Å². The van der Waals surface area contributed by atoms with E-state index in [1.807, 2.05) is 12.1 Å². The van der Waals surface area contributed by atoms with Crippen molar-refractivity contribution in [1.29, 1.82) is 0 Å². The molecule has 0 radical (unpaired) electrons. The van der Waals surface area contributed by atoms with Crippen molar-refractivity contribution in [2.24, 2.45) is 11.3 Å². The lowest BCUT2D eigenvalue weighted by atomic mass is 9.81. The number of hydrogen-bond donors (Lipinski definition) is 3. The van der Waals surface area contributed by atoms with Crippen molar-refractivity contribution in [3.63, 3.8) is 0 Å². The molecule has 6 heteroatoms. The van der Waals surface area contributed by atoms with E-state index < -0.39 is 11.4 Å². The van der Waals surface area contributed by atoms with E-state index in [4.69, 9.17) is 0 Å². The quantitative estimate of drug-likeness (QED) is 0.790. The van der Waals surface area contributed by atoms with Crippen molar-refractivity contribution in [3.8, 4) is 0 Å². The number of carbonyl (C=O) groups excluding carboxylic acids is 1. The maximum Gasteiger partial charge on any atom is 0.317 e. The number of carboxylic acid groups (broad SMARTS) is 1. The normalized spacial score (nSPS) is 24.8. The van der Waals surface area contributed by atoms with Crippen molar-refractivity contribution in [1.82, 2.24) is 15.2 Å². The average Bonchev–Trinajstić information content (AvgIpc) is 3.25. The predicted molar refractivity (Wildman–Crippen MR) is 99.0 cm³/mol. The molecule has 1 aromatic carbocycles. The summed E-state index contributed by atoms with van der Waals surface area (Å²) >= 11 is 0. The Labute approximate surface area is 152 Å². The van der Waals surface area contributed by atoms with Crippen molar-refractivity contribution < 1.29 is 14.7 Å². The largest absolute Gasteiger partial charge is 0.481 e. The Hall–Kier alpha value is -2.50. The van der Waals surface area contributed by atoms with E-state index in [9.17, 15) is 14.7 Å². The van der Waals surface area contributed by atoms with Gasteiger partial charge in [-0.25, -0.2) is 4.79 Å². The molecule has 1 saturated heterocycles. The van der Waals surface area contributed by atoms with Gasteiger partial charge in [-0.2, -0.15) is 0 Å². The molecular weight excluding hydrogens is 330 g/mol. The summed E-state index contributed by atoms with van der Waals surface area (Å²) in [5, 5.41) is 13.8. The molecule has 0 spiro atoms. The molecular formula is C20H25N3O3. The van der Waals surface area contributed by atoms with Crippen LogP contribution >= 0.6 is 0 Å². The van der Waals surface area contributed by atoms with Gasteiger partial charge in [0.05, 0.1) is 5.41 Å². The number of aryl methyl sites for hydroxylation is 2. The summed E-state index contributed by atoms with van der Waals surface area (Å²) in [6.45, 7) is 5.46. The second kappa shape index (κ2) is 6.04. The van der Waals surface area contributed by atoms with Crippen LogP contribution in [-0.4, -0.2) is 40.1 Å². The standard InChI is InChI=1S/C20H25N3O3/c1-12-13(2)22-17-6-5-14(8-16(12)17)9-21-19(26)23-10-15-4-3-7-20(15,11-23)18(24)25/h5-6,8,15,22H,3-4,7,9-11H2,1-2H3,(H,21,26)(H,24,25)/t15-,20+/m0/s1. The van der Waals surface area contributed by atoms with Crippen LogP contribution in [0.2, 0.25) is 0 Å². The molecule has 26 heavy (non-hydrogen) atoms. The highest BCUT2D eigenvalue weighted by Crippen LogP contribution is 2.48. The Morgan fingerprint density at radius 2 is 2.19 bits per heavy atom. The Kier molecular flexibility index (Phi) is 3.93. The molecule has 2 heterocycles. The minimum atomic E-state index is -0.751. The number of fused-ring (bicyclic) bond motifs is 2. The number of nitrogens with zero attached hydrogens (tertiary/aromatic N) is 1. The van der Waals surface area contributed by atoms with Crippen LogP contribution in [0.1, 0.15) is 36.1 Å². The van der Waals surface area contributed by atoms with Crippen LogP contribution < -0.4 is 5.32 Å². The number of urea groups is 1. The van der Waals surface area contributed by atoms with Gasteiger partial charge in [0.25, 0.3) is 0 Å². The number of carboxylic acids is 1. The number of likely N-dealkylation sites (tertiary alicyclic amines) is 1. The first-order chi connectivity index (χ1) is 12.4. The third-order valence-corrected chi connectivity index (χ3v) is 6.40. The molecule has 138 valence electrons. The van der Waals surface area contributed by atoms with E-state index >= 15 is 0 Å². The zero-order valence-electron chi connectivity index (χ0n) is 15.3. The highest BCUT2D eigenvalue weighted by atomic mass is 16.4. The molecule has 2 fully saturated rings. The van der Waals surface area contributed by atoms with Crippen LogP contribution in [0.4, 0.5) is 4.79 Å². The first-order valence-corrected chi connectivity index (χ1v) is 9.25. The lowest BCUT2D eigenvalue weighted by Gasteiger charge is -2.23. The molecule has 2 aromatic rings. The Morgan fingerprint density at radius 3 is 2.92 bits per heavy atom. The molecule has 4 rings (SSSR count). The third-order valence-electron chi connectivity index (χ3n) is 6.40. The van der Waals surface area contributed by atoms with Gasteiger partial charge in [0.15, 0.2) is 0 Å². The SMILES string of the molecule is Cc1[nH]c2ccc(CNC(=O)N3C[C@@H]4CCC[C@@]4(C(=O)O)C3)cc2c1C. The van der Waals surface area contributed by atoms with Crippen LogP contribution in [0.3, 0.4) is 0 Å². The number of carbonyl (C=O) groups is 2. The fraction of sp³-hybridized carbons (Fsp3) is 0.500. The third kappa shape index (κ3) is 2.55. The minimum absolute atomic E-state index is 0.0904. The number of aromatic amines is 1. The first kappa shape index (κ1) is 16.9. The summed E-state index contributed by atoms with van der Waals surface area (Å²) in [5.74, 6) is -0.661. The zero-order valence-corrected chi connectivity index (χ0v) is 15.3. The van der Waals surface area contributed by atoms with Crippen LogP contribution in [0, 0.1) is 25.2 Å². The van der Waals surface area contributed by atoms with Crippen LogP contribution in [0.5, 0.6) is 0 Å². The summed E-state index contributed by atoms with van der Waals surface area (Å²) in [4.78, 5) is 29.3. The van der Waals surface area contributed by atoms with Gasteiger partial charge in [0, 0.05) is 36.2 Å². The number of rotatable bonds is 3. The number of aliphatic carboxylic acids is 1. The Bertz CT molecular complexity index is 888. The fourth-order valence-corrected chi connectivity index (χ4v) is 4.70. The predicted octanol–water partition coefficient (Wildman–Crippen LogP) is 3.18. The van der Waals surface area contributed by atoms with Crippen molar-refractivity contribution in [3.05, 3.63) is 35.0 Å². The van der Waals surface area contributed by atoms with E-state index in [1.165, 1.54) is 10.9 Å². The molecule has 2 atom stereocenters. The Balaban J connectivity index is 1.43.